The first-order valence-electron chi connectivity index (χ1n) is 14.4. The second-order valence-electron chi connectivity index (χ2n) is 11.1. The van der Waals surface area contributed by atoms with Crippen LogP contribution in [0.5, 0.6) is 0 Å². The number of benzene rings is 7. The zero-order valence-electron chi connectivity index (χ0n) is 22.8. The Bertz CT molecular complexity index is 2280. The highest BCUT2D eigenvalue weighted by atomic mass is 16.3. The highest BCUT2D eigenvalue weighted by molar-refractivity contribution is 6.08. The Hall–Kier alpha value is -5.47. The smallest absolute Gasteiger partial charge is 0.227 e. The van der Waals surface area contributed by atoms with Gasteiger partial charge in [0.2, 0.25) is 5.89 Å². The van der Waals surface area contributed by atoms with Crippen molar-refractivity contribution in [3.8, 4) is 22.6 Å². The third-order valence-electron chi connectivity index (χ3n) is 8.97. The van der Waals surface area contributed by atoms with Gasteiger partial charge in [-0.3, -0.25) is 0 Å². The van der Waals surface area contributed by atoms with Crippen molar-refractivity contribution in [1.29, 1.82) is 0 Å². The average Bonchev–Trinajstić information content (AvgIpc) is 3.62. The Morgan fingerprint density at radius 1 is 0.476 bits per heavy atom. The first-order valence-corrected chi connectivity index (χ1v) is 14.4. The van der Waals surface area contributed by atoms with Crippen LogP contribution in [-0.4, -0.2) is 4.98 Å². The topological polar surface area (TPSA) is 26.0 Å². The Kier molecular flexibility index (Phi) is 4.85. The molecule has 0 saturated carbocycles. The van der Waals surface area contributed by atoms with Crippen molar-refractivity contribution in [3.05, 3.63) is 174 Å². The van der Waals surface area contributed by atoms with Crippen molar-refractivity contribution >= 4 is 32.6 Å². The van der Waals surface area contributed by atoms with Crippen molar-refractivity contribution in [3.63, 3.8) is 0 Å². The van der Waals surface area contributed by atoms with Gasteiger partial charge in [-0.05, 0) is 85.3 Å². The highest BCUT2D eigenvalue weighted by Gasteiger charge is 2.46. The SMILES string of the molecule is c1ccc(C2(c3ccc4c(ccc5ccccc54)c3)c3ccccc3-c3ccc(-c4nc5ccccc5o4)cc32)cc1. The number of rotatable bonds is 3. The lowest BCUT2D eigenvalue weighted by Gasteiger charge is -2.34. The van der Waals surface area contributed by atoms with Gasteiger partial charge < -0.3 is 4.42 Å². The van der Waals surface area contributed by atoms with E-state index >= 15 is 0 Å². The molecule has 2 nitrogen and oxygen atoms in total. The van der Waals surface area contributed by atoms with Gasteiger partial charge in [0, 0.05) is 5.56 Å². The first kappa shape index (κ1) is 23.3. The second kappa shape index (κ2) is 8.76. The van der Waals surface area contributed by atoms with Crippen LogP contribution in [0.4, 0.5) is 0 Å². The molecule has 0 N–H and O–H groups in total. The second-order valence-corrected chi connectivity index (χ2v) is 11.1. The molecule has 0 radical (unpaired) electrons. The van der Waals surface area contributed by atoms with Crippen LogP contribution >= 0.6 is 0 Å². The molecule has 1 heterocycles. The van der Waals surface area contributed by atoms with Crippen LogP contribution < -0.4 is 0 Å². The summed E-state index contributed by atoms with van der Waals surface area (Å²) in [6, 6.07) is 54.6. The van der Waals surface area contributed by atoms with E-state index in [2.05, 4.69) is 127 Å². The van der Waals surface area contributed by atoms with E-state index in [4.69, 9.17) is 9.40 Å². The van der Waals surface area contributed by atoms with E-state index in [0.717, 1.165) is 16.7 Å². The number of hydrogen-bond acceptors (Lipinski definition) is 2. The van der Waals surface area contributed by atoms with E-state index in [1.54, 1.807) is 0 Å². The quantitative estimate of drug-likeness (QED) is 0.210. The molecule has 0 aliphatic heterocycles. The summed E-state index contributed by atoms with van der Waals surface area (Å²) >= 11 is 0. The minimum absolute atomic E-state index is 0.505. The predicted molar refractivity (Wildman–Crippen MR) is 172 cm³/mol. The van der Waals surface area contributed by atoms with E-state index in [0.29, 0.717) is 5.89 Å². The van der Waals surface area contributed by atoms with Crippen LogP contribution in [0, 0.1) is 0 Å². The van der Waals surface area contributed by atoms with Crippen LogP contribution in [0.25, 0.3) is 55.2 Å². The van der Waals surface area contributed by atoms with Crippen molar-refractivity contribution in [1.82, 2.24) is 4.98 Å². The first-order chi connectivity index (χ1) is 20.8. The molecule has 1 atom stereocenters. The molecule has 1 aromatic heterocycles. The maximum absolute atomic E-state index is 6.26. The number of fused-ring (bicyclic) bond motifs is 7. The monoisotopic (exact) mass is 535 g/mol. The van der Waals surface area contributed by atoms with Gasteiger partial charge in [0.05, 0.1) is 5.41 Å². The maximum atomic E-state index is 6.26. The Balaban J connectivity index is 1.37. The molecule has 7 aromatic carbocycles. The molecule has 9 rings (SSSR count). The lowest BCUT2D eigenvalue weighted by Crippen LogP contribution is -2.28. The van der Waals surface area contributed by atoms with Crippen LogP contribution in [0.2, 0.25) is 0 Å². The highest BCUT2D eigenvalue weighted by Crippen LogP contribution is 2.57. The maximum Gasteiger partial charge on any atom is 0.227 e. The number of hydrogen-bond donors (Lipinski definition) is 0. The largest absolute Gasteiger partial charge is 0.436 e. The molecule has 0 bridgehead atoms. The third kappa shape index (κ3) is 3.18. The minimum Gasteiger partial charge on any atom is -0.436 e. The number of aromatic nitrogens is 1. The lowest BCUT2D eigenvalue weighted by molar-refractivity contribution is 0.619. The van der Waals surface area contributed by atoms with Gasteiger partial charge in [-0.1, -0.05) is 121 Å². The van der Waals surface area contributed by atoms with Crippen molar-refractivity contribution < 1.29 is 4.42 Å². The average molecular weight is 536 g/mol. The van der Waals surface area contributed by atoms with Gasteiger partial charge in [-0.15, -0.1) is 0 Å². The van der Waals surface area contributed by atoms with E-state index in [1.807, 2.05) is 24.3 Å². The summed E-state index contributed by atoms with van der Waals surface area (Å²) in [6.07, 6.45) is 0. The van der Waals surface area contributed by atoms with Crippen LogP contribution in [-0.2, 0) is 5.41 Å². The molecule has 1 aliphatic rings. The molecule has 0 saturated heterocycles. The summed E-state index contributed by atoms with van der Waals surface area (Å²) in [7, 11) is 0. The van der Waals surface area contributed by atoms with Crippen molar-refractivity contribution in [2.24, 2.45) is 0 Å². The van der Waals surface area contributed by atoms with E-state index in [-0.39, 0.29) is 0 Å². The van der Waals surface area contributed by atoms with Crippen LogP contribution in [0.15, 0.2) is 156 Å². The van der Waals surface area contributed by atoms with Crippen molar-refractivity contribution in [2.75, 3.05) is 0 Å². The van der Waals surface area contributed by atoms with Gasteiger partial charge in [0.15, 0.2) is 5.58 Å². The van der Waals surface area contributed by atoms with Crippen LogP contribution in [0.3, 0.4) is 0 Å². The van der Waals surface area contributed by atoms with Gasteiger partial charge in [-0.25, -0.2) is 4.98 Å². The van der Waals surface area contributed by atoms with E-state index in [1.165, 1.54) is 54.9 Å². The summed E-state index contributed by atoms with van der Waals surface area (Å²) in [5.41, 5.74) is 9.67. The Morgan fingerprint density at radius 2 is 1.21 bits per heavy atom. The molecule has 42 heavy (non-hydrogen) atoms. The zero-order chi connectivity index (χ0) is 27.7. The predicted octanol–water partition coefficient (Wildman–Crippen LogP) is 10.2. The molecule has 1 aliphatic carbocycles. The summed E-state index contributed by atoms with van der Waals surface area (Å²) in [6.45, 7) is 0. The molecule has 2 heteroatoms. The molecule has 1 unspecified atom stereocenters. The molecule has 8 aromatic rings. The van der Waals surface area contributed by atoms with E-state index in [9.17, 15) is 0 Å². The number of nitrogens with zero attached hydrogens (tertiary/aromatic N) is 1. The minimum atomic E-state index is -0.505. The van der Waals surface area contributed by atoms with Crippen LogP contribution in [0.1, 0.15) is 22.3 Å². The number of oxazole rings is 1. The molecule has 196 valence electrons. The molecular formula is C40H25NO. The van der Waals surface area contributed by atoms with Crippen molar-refractivity contribution in [2.45, 2.75) is 5.41 Å². The van der Waals surface area contributed by atoms with Gasteiger partial charge >= 0.3 is 0 Å². The summed E-state index contributed by atoms with van der Waals surface area (Å²) < 4.78 is 6.26. The normalized spacial score (nSPS) is 15.7. The van der Waals surface area contributed by atoms with E-state index < -0.39 is 5.41 Å². The molecule has 0 fully saturated rings. The Labute approximate surface area is 243 Å². The fourth-order valence-corrected chi connectivity index (χ4v) is 7.13. The molecular weight excluding hydrogens is 510 g/mol. The molecule has 0 amide bonds. The fourth-order valence-electron chi connectivity index (χ4n) is 7.13. The number of para-hydroxylation sites is 2. The van der Waals surface area contributed by atoms with Gasteiger partial charge in [-0.2, -0.15) is 0 Å². The lowest BCUT2D eigenvalue weighted by atomic mass is 9.67. The third-order valence-corrected chi connectivity index (χ3v) is 8.97. The van der Waals surface area contributed by atoms with Gasteiger partial charge in [0.25, 0.3) is 0 Å². The van der Waals surface area contributed by atoms with Gasteiger partial charge in [0.1, 0.15) is 5.52 Å². The summed E-state index contributed by atoms with van der Waals surface area (Å²) in [5.74, 6) is 0.641. The fraction of sp³-hybridized carbons (Fsp3) is 0.0250. The summed E-state index contributed by atoms with van der Waals surface area (Å²) in [5, 5.41) is 5.05. The standard InChI is InChI=1S/C40H25NO/c1-2-11-29(12-3-1)40(30-21-23-32-27(24-30)19-18-26-10-4-5-13-31(26)32)35-15-7-6-14-33(35)34-22-20-28(25-36(34)40)39-41-37-16-8-9-17-38(37)42-39/h1-25H. The summed E-state index contributed by atoms with van der Waals surface area (Å²) in [4.78, 5) is 4.85. The zero-order valence-corrected chi connectivity index (χ0v) is 22.8. The Morgan fingerprint density at radius 3 is 2.14 bits per heavy atom. The molecule has 0 spiro atoms.